The van der Waals surface area contributed by atoms with Gasteiger partial charge in [0.2, 0.25) is 5.91 Å². The van der Waals surface area contributed by atoms with Crippen LogP contribution in [0.5, 0.6) is 11.8 Å². The fourth-order valence-corrected chi connectivity index (χ4v) is 7.37. The Hall–Kier alpha value is -4.82. The average molecular weight is 625 g/mol. The van der Waals surface area contributed by atoms with E-state index in [4.69, 9.17) is 16.1 Å². The third-order valence-corrected chi connectivity index (χ3v) is 9.95. The molecule has 0 saturated carbocycles. The number of phenols is 1. The highest BCUT2D eigenvalue weighted by atomic mass is 19.1. The Balaban J connectivity index is 1.38. The Kier molecular flexibility index (Phi) is 7.28. The number of likely N-dealkylation sites (N-methyl/N-ethyl adjacent to an activating group) is 1. The van der Waals surface area contributed by atoms with E-state index in [-0.39, 0.29) is 63.0 Å². The standard InChI is InChI=1S/C35H34F2N6O3/c1-5-24-27(36)11-8-20-14-23(44)15-25(29(20)24)31-30(37)32-26(16-38-31)33(40-34(39-32)46-19-35(3)12-7-13-41(35)4)42-17-21-9-10-22(18-42)43(21)28(45)6-2/h1,6,8,11,14-16,21-22,44H,2,7,9-10,12-13,17-19H2,3-4H3/t21-,22+,35-/m0/s1. The predicted molar refractivity (Wildman–Crippen MR) is 172 cm³/mol. The van der Waals surface area contributed by atoms with Crippen LogP contribution in [0.3, 0.4) is 0 Å². The molecule has 1 N–H and O–H groups in total. The van der Waals surface area contributed by atoms with Gasteiger partial charge < -0.3 is 19.6 Å². The Bertz CT molecular complexity index is 1950. The molecule has 9 nitrogen and oxygen atoms in total. The Labute approximate surface area is 265 Å². The van der Waals surface area contributed by atoms with Crippen molar-refractivity contribution in [2.45, 2.75) is 50.2 Å². The first kappa shape index (κ1) is 29.9. The monoisotopic (exact) mass is 624 g/mol. The van der Waals surface area contributed by atoms with Crippen LogP contribution in [0.15, 0.2) is 43.1 Å². The summed E-state index contributed by atoms with van der Waals surface area (Å²) in [6.07, 6.45) is 12.2. The number of aromatic hydroxyl groups is 1. The Morgan fingerprint density at radius 3 is 2.67 bits per heavy atom. The van der Waals surface area contributed by atoms with Gasteiger partial charge in [-0.2, -0.15) is 9.97 Å². The fraction of sp³-hybridized carbons (Fsp3) is 0.371. The maximum Gasteiger partial charge on any atom is 0.319 e. The number of aromatic nitrogens is 3. The van der Waals surface area contributed by atoms with Gasteiger partial charge in [0.15, 0.2) is 5.82 Å². The molecule has 236 valence electrons. The lowest BCUT2D eigenvalue weighted by atomic mass is 9.96. The number of rotatable bonds is 6. The molecule has 3 saturated heterocycles. The minimum atomic E-state index is -0.780. The van der Waals surface area contributed by atoms with Crippen molar-refractivity contribution in [3.8, 4) is 35.4 Å². The van der Waals surface area contributed by atoms with Crippen molar-refractivity contribution in [2.24, 2.45) is 0 Å². The number of carbonyl (C=O) groups is 1. The molecule has 1 amide bonds. The number of piperazine rings is 1. The maximum atomic E-state index is 16.8. The van der Waals surface area contributed by atoms with Crippen LogP contribution >= 0.6 is 0 Å². The van der Waals surface area contributed by atoms with E-state index >= 15 is 4.39 Å². The van der Waals surface area contributed by atoms with Gasteiger partial charge in [0.25, 0.3) is 0 Å². The van der Waals surface area contributed by atoms with E-state index in [2.05, 4.69) is 34.3 Å². The lowest BCUT2D eigenvalue weighted by molar-refractivity contribution is -0.129. The highest BCUT2D eigenvalue weighted by molar-refractivity contribution is 6.03. The first-order chi connectivity index (χ1) is 22.1. The number of pyridine rings is 1. The molecule has 3 fully saturated rings. The molecule has 46 heavy (non-hydrogen) atoms. The smallest absolute Gasteiger partial charge is 0.319 e. The van der Waals surface area contributed by atoms with Gasteiger partial charge in [-0.05, 0) is 75.9 Å². The summed E-state index contributed by atoms with van der Waals surface area (Å²) in [5.74, 6) is 1.16. The molecule has 7 rings (SSSR count). The molecule has 0 radical (unpaired) electrons. The maximum absolute atomic E-state index is 16.8. The third-order valence-electron chi connectivity index (χ3n) is 9.95. The molecule has 2 aromatic heterocycles. The summed E-state index contributed by atoms with van der Waals surface area (Å²) in [7, 11) is 2.05. The largest absolute Gasteiger partial charge is 0.508 e. The summed E-state index contributed by atoms with van der Waals surface area (Å²) in [5.41, 5.74) is -0.319. The molecule has 3 aliphatic heterocycles. The minimum absolute atomic E-state index is 0.0214. The first-order valence-electron chi connectivity index (χ1n) is 15.4. The van der Waals surface area contributed by atoms with E-state index in [1.54, 1.807) is 0 Å². The van der Waals surface area contributed by atoms with Crippen LogP contribution in [-0.2, 0) is 4.79 Å². The third kappa shape index (κ3) is 4.79. The summed E-state index contributed by atoms with van der Waals surface area (Å²) >= 11 is 0. The van der Waals surface area contributed by atoms with Crippen molar-refractivity contribution < 1.29 is 23.4 Å². The van der Waals surface area contributed by atoms with Crippen LogP contribution in [0.2, 0.25) is 0 Å². The number of hydrogen-bond donors (Lipinski definition) is 1. The van der Waals surface area contributed by atoms with Gasteiger partial charge in [-0.15, -0.1) is 6.42 Å². The number of nitrogens with zero attached hydrogens (tertiary/aromatic N) is 6. The molecule has 3 atom stereocenters. The number of terminal acetylenes is 1. The molecule has 3 aliphatic rings. The number of hydrogen-bond acceptors (Lipinski definition) is 8. The van der Waals surface area contributed by atoms with Crippen molar-refractivity contribution in [2.75, 3.05) is 38.2 Å². The van der Waals surface area contributed by atoms with E-state index in [1.807, 2.05) is 16.8 Å². The Morgan fingerprint density at radius 1 is 1.24 bits per heavy atom. The molecule has 0 aliphatic carbocycles. The van der Waals surface area contributed by atoms with Crippen LogP contribution in [0.4, 0.5) is 14.6 Å². The van der Waals surface area contributed by atoms with Gasteiger partial charge >= 0.3 is 6.01 Å². The lowest BCUT2D eigenvalue weighted by Gasteiger charge is -2.41. The highest BCUT2D eigenvalue weighted by Gasteiger charge is 2.43. The van der Waals surface area contributed by atoms with Crippen LogP contribution in [0.25, 0.3) is 32.9 Å². The number of benzene rings is 2. The van der Waals surface area contributed by atoms with Crippen LogP contribution in [0.1, 0.15) is 38.2 Å². The zero-order valence-corrected chi connectivity index (χ0v) is 25.8. The molecule has 2 aromatic carbocycles. The van der Waals surface area contributed by atoms with Gasteiger partial charge in [0.1, 0.15) is 35.2 Å². The minimum Gasteiger partial charge on any atom is -0.508 e. The molecule has 0 unspecified atom stereocenters. The molecule has 5 heterocycles. The topological polar surface area (TPSA) is 94.9 Å². The van der Waals surface area contributed by atoms with Crippen molar-refractivity contribution in [1.29, 1.82) is 0 Å². The number of phenolic OH excluding ortho intramolecular Hbond substituents is 1. The Morgan fingerprint density at radius 2 is 2.00 bits per heavy atom. The van der Waals surface area contributed by atoms with Crippen LogP contribution in [0, 0.1) is 24.0 Å². The van der Waals surface area contributed by atoms with Gasteiger partial charge in [0.05, 0.1) is 16.5 Å². The van der Waals surface area contributed by atoms with E-state index in [1.165, 1.54) is 36.5 Å². The lowest BCUT2D eigenvalue weighted by Crippen LogP contribution is -2.55. The molecule has 4 aromatic rings. The van der Waals surface area contributed by atoms with E-state index in [0.29, 0.717) is 36.3 Å². The number of amides is 1. The normalized spacial score (nSPS) is 22.8. The van der Waals surface area contributed by atoms with E-state index in [9.17, 15) is 14.3 Å². The van der Waals surface area contributed by atoms with Crippen molar-refractivity contribution in [3.05, 3.63) is 60.3 Å². The number of anilines is 1. The summed E-state index contributed by atoms with van der Waals surface area (Å²) in [6.45, 7) is 8.03. The SMILES string of the molecule is C#Cc1c(F)ccc2cc(O)cc(-c3ncc4c(N5C[C@H]6CC[C@@H](C5)N6C(=O)C=C)nc(OC[C@]5(C)CCCN5C)nc4c3F)c12. The van der Waals surface area contributed by atoms with E-state index in [0.717, 1.165) is 32.2 Å². The summed E-state index contributed by atoms with van der Waals surface area (Å²) in [6, 6.07) is 5.39. The summed E-state index contributed by atoms with van der Waals surface area (Å²) < 4.78 is 37.9. The highest BCUT2D eigenvalue weighted by Crippen LogP contribution is 2.40. The quantitative estimate of drug-likeness (QED) is 0.236. The molecule has 0 spiro atoms. The van der Waals surface area contributed by atoms with Gasteiger partial charge in [-0.3, -0.25) is 14.7 Å². The van der Waals surface area contributed by atoms with Crippen molar-refractivity contribution >= 4 is 33.4 Å². The number of halogens is 2. The van der Waals surface area contributed by atoms with Crippen LogP contribution < -0.4 is 9.64 Å². The molecule has 11 heteroatoms. The van der Waals surface area contributed by atoms with Crippen LogP contribution in [-0.4, -0.2) is 86.7 Å². The summed E-state index contributed by atoms with van der Waals surface area (Å²) in [5, 5.41) is 11.6. The second kappa shape index (κ2) is 11.2. The zero-order chi connectivity index (χ0) is 32.3. The molecular formula is C35H34F2N6O3. The van der Waals surface area contributed by atoms with Gasteiger partial charge in [0, 0.05) is 42.3 Å². The first-order valence-corrected chi connectivity index (χ1v) is 15.4. The van der Waals surface area contributed by atoms with E-state index < -0.39 is 11.6 Å². The van der Waals surface area contributed by atoms with Gasteiger partial charge in [-0.1, -0.05) is 18.6 Å². The summed E-state index contributed by atoms with van der Waals surface area (Å²) in [4.78, 5) is 32.6. The number of likely N-dealkylation sites (tertiary alicyclic amines) is 1. The predicted octanol–water partition coefficient (Wildman–Crippen LogP) is 5.04. The molecule has 2 bridgehead atoms. The fourth-order valence-electron chi connectivity index (χ4n) is 7.37. The molecular weight excluding hydrogens is 590 g/mol. The zero-order valence-electron chi connectivity index (χ0n) is 25.8. The average Bonchev–Trinajstić information content (AvgIpc) is 3.52. The van der Waals surface area contributed by atoms with Crippen molar-refractivity contribution in [1.82, 2.24) is 24.8 Å². The van der Waals surface area contributed by atoms with Crippen molar-refractivity contribution in [3.63, 3.8) is 0 Å². The number of ether oxygens (including phenoxy) is 1. The number of fused-ring (bicyclic) bond motifs is 4. The van der Waals surface area contributed by atoms with Gasteiger partial charge in [-0.25, -0.2) is 8.78 Å². The number of carbonyl (C=O) groups excluding carboxylic acids is 1. The second-order valence-electron chi connectivity index (χ2n) is 12.7. The second-order valence-corrected chi connectivity index (χ2v) is 12.7.